The number of nitrogens with one attached hydrogen (secondary N) is 3. The minimum absolute atomic E-state index is 0.554. The fraction of sp³-hybridized carbons (Fsp3) is 0.575. The van der Waals surface area contributed by atoms with Gasteiger partial charge in [-0.3, -0.25) is 4.99 Å². The standard InChI is InChI=1S/C40H58N4O/c1-4-6-8-9-10-11-12-13-17-22-31-25-26-35(42-31)38(40-37(45-3)29-36(44-40)34-24-19-27-41-34)39-33-28-32(43-39)23-18-15-14-16-21-30(33)20-7-5-2/h19,24-30,41,43-44H,4-18,20-23H2,1-3H3/t30-/m0/s1. The molecule has 5 rings (SSSR count). The molecule has 3 aromatic heterocycles. The number of H-pyrrole nitrogens is 3. The van der Waals surface area contributed by atoms with Gasteiger partial charge in [-0.1, -0.05) is 97.3 Å². The zero-order valence-electron chi connectivity index (χ0n) is 28.4. The largest absolute Gasteiger partial charge is 0.494 e. The molecule has 0 saturated carbocycles. The molecule has 5 heteroatoms. The first-order chi connectivity index (χ1) is 22.2. The minimum Gasteiger partial charge on any atom is -0.494 e. The number of nitrogens with zero attached hydrogens (tertiary/aromatic N) is 1. The van der Waals surface area contributed by atoms with Gasteiger partial charge in [0.2, 0.25) is 0 Å². The summed E-state index contributed by atoms with van der Waals surface area (Å²) in [5, 5.41) is 0. The Morgan fingerprint density at radius 2 is 1.60 bits per heavy atom. The second-order valence-electron chi connectivity index (χ2n) is 13.4. The Kier molecular flexibility index (Phi) is 12.9. The first-order valence-corrected chi connectivity index (χ1v) is 18.3. The fourth-order valence-electron chi connectivity index (χ4n) is 7.26. The number of hydrogen-bond acceptors (Lipinski definition) is 2. The molecule has 2 bridgehead atoms. The minimum atomic E-state index is 0.554. The number of rotatable bonds is 17. The fourth-order valence-corrected chi connectivity index (χ4v) is 7.26. The molecule has 0 radical (unpaired) electrons. The monoisotopic (exact) mass is 610 g/mol. The SMILES string of the molecule is CCCCCCCCCCCC1=NC(=C(c2[nH]c(-c3ccc[nH]3)cc2OC)c2[nH]c3cc2[C@@H](CCCC)CCCCCC3)C=C1. The normalized spacial score (nSPS) is 17.9. The Labute approximate surface area is 272 Å². The van der Waals surface area contributed by atoms with E-state index in [2.05, 4.69) is 59.2 Å². The second-order valence-corrected chi connectivity index (χ2v) is 13.4. The van der Waals surface area contributed by atoms with Crippen LogP contribution in [-0.2, 0) is 6.42 Å². The summed E-state index contributed by atoms with van der Waals surface area (Å²) >= 11 is 0. The molecule has 2 aliphatic rings. The van der Waals surface area contributed by atoms with E-state index in [1.807, 2.05) is 12.3 Å². The lowest BCUT2D eigenvalue weighted by atomic mass is 9.85. The lowest BCUT2D eigenvalue weighted by molar-refractivity contribution is 0.414. The third-order valence-electron chi connectivity index (χ3n) is 9.88. The number of aliphatic imine (C=N–C) groups is 1. The summed E-state index contributed by atoms with van der Waals surface area (Å²) in [7, 11) is 1.78. The molecule has 3 aromatic rings. The molecule has 0 amide bonds. The van der Waals surface area contributed by atoms with Crippen LogP contribution in [0.1, 0.15) is 158 Å². The van der Waals surface area contributed by atoms with E-state index in [4.69, 9.17) is 9.73 Å². The van der Waals surface area contributed by atoms with Crippen molar-refractivity contribution in [3.63, 3.8) is 0 Å². The first kappa shape index (κ1) is 33.2. The zero-order chi connectivity index (χ0) is 31.3. The van der Waals surface area contributed by atoms with Crippen LogP contribution < -0.4 is 4.74 Å². The van der Waals surface area contributed by atoms with Gasteiger partial charge in [0.05, 0.1) is 41.2 Å². The van der Waals surface area contributed by atoms with Crippen LogP contribution in [0.5, 0.6) is 5.75 Å². The van der Waals surface area contributed by atoms with Crippen molar-refractivity contribution in [2.45, 2.75) is 142 Å². The summed E-state index contributed by atoms with van der Waals surface area (Å²) in [4.78, 5) is 16.4. The van der Waals surface area contributed by atoms with Gasteiger partial charge in [0.25, 0.3) is 0 Å². The Bertz CT molecular complexity index is 1400. The van der Waals surface area contributed by atoms with Gasteiger partial charge in [-0.15, -0.1) is 0 Å². The Morgan fingerprint density at radius 1 is 0.822 bits per heavy atom. The average molecular weight is 611 g/mol. The number of allylic oxidation sites excluding steroid dienone is 2. The Balaban J connectivity index is 1.47. The number of unbranched alkanes of at least 4 members (excludes halogenated alkanes) is 9. The maximum absolute atomic E-state index is 6.06. The molecule has 1 aliphatic carbocycles. The van der Waals surface area contributed by atoms with Crippen LogP contribution in [0.2, 0.25) is 0 Å². The van der Waals surface area contributed by atoms with Crippen molar-refractivity contribution in [2.75, 3.05) is 7.11 Å². The maximum Gasteiger partial charge on any atom is 0.145 e. The van der Waals surface area contributed by atoms with E-state index >= 15 is 0 Å². The van der Waals surface area contributed by atoms with E-state index in [9.17, 15) is 0 Å². The smallest absolute Gasteiger partial charge is 0.145 e. The summed E-state index contributed by atoms with van der Waals surface area (Å²) in [5.74, 6) is 1.41. The van der Waals surface area contributed by atoms with Crippen molar-refractivity contribution in [1.82, 2.24) is 15.0 Å². The number of aryl methyl sites for hydroxylation is 1. The van der Waals surface area contributed by atoms with Crippen LogP contribution in [0.4, 0.5) is 0 Å². The number of fused-ring (bicyclic) bond motifs is 2. The number of aromatic nitrogens is 3. The van der Waals surface area contributed by atoms with Gasteiger partial charge in [0.1, 0.15) is 5.75 Å². The van der Waals surface area contributed by atoms with E-state index in [-0.39, 0.29) is 0 Å². The lowest BCUT2D eigenvalue weighted by Crippen LogP contribution is -2.05. The van der Waals surface area contributed by atoms with Crippen LogP contribution in [-0.4, -0.2) is 27.8 Å². The highest BCUT2D eigenvalue weighted by molar-refractivity contribution is 6.01. The van der Waals surface area contributed by atoms with Gasteiger partial charge in [-0.25, -0.2) is 0 Å². The third kappa shape index (κ3) is 8.95. The molecule has 5 nitrogen and oxygen atoms in total. The molecule has 1 aliphatic heterocycles. The van der Waals surface area contributed by atoms with Crippen molar-refractivity contribution in [3.05, 3.63) is 71.0 Å². The van der Waals surface area contributed by atoms with Gasteiger partial charge < -0.3 is 19.7 Å². The summed E-state index contributed by atoms with van der Waals surface area (Å²) in [6.07, 6.45) is 30.9. The van der Waals surface area contributed by atoms with Gasteiger partial charge in [-0.05, 0) is 80.4 Å². The van der Waals surface area contributed by atoms with Crippen molar-refractivity contribution >= 4 is 11.3 Å². The zero-order valence-corrected chi connectivity index (χ0v) is 28.4. The van der Waals surface area contributed by atoms with Gasteiger partial charge in [0.15, 0.2) is 0 Å². The van der Waals surface area contributed by atoms with Crippen LogP contribution in [0.15, 0.2) is 53.3 Å². The van der Waals surface area contributed by atoms with Crippen molar-refractivity contribution in [1.29, 1.82) is 0 Å². The highest BCUT2D eigenvalue weighted by atomic mass is 16.5. The van der Waals surface area contributed by atoms with E-state index in [0.29, 0.717) is 5.92 Å². The molecular weight excluding hydrogens is 552 g/mol. The first-order valence-electron chi connectivity index (χ1n) is 18.3. The molecule has 244 valence electrons. The molecule has 0 saturated heterocycles. The molecule has 0 aromatic carbocycles. The van der Waals surface area contributed by atoms with Crippen LogP contribution in [0.3, 0.4) is 0 Å². The molecular formula is C40H58N4O. The van der Waals surface area contributed by atoms with E-state index < -0.39 is 0 Å². The van der Waals surface area contributed by atoms with Crippen molar-refractivity contribution in [3.8, 4) is 17.1 Å². The molecule has 45 heavy (non-hydrogen) atoms. The van der Waals surface area contributed by atoms with Crippen LogP contribution in [0.25, 0.3) is 17.0 Å². The molecule has 3 N–H and O–H groups in total. The quantitative estimate of drug-likeness (QED) is 0.131. The summed E-state index contributed by atoms with van der Waals surface area (Å²) in [5.41, 5.74) is 10.5. The second kappa shape index (κ2) is 17.5. The predicted octanol–water partition coefficient (Wildman–Crippen LogP) is 11.8. The lowest BCUT2D eigenvalue weighted by Gasteiger charge is -2.20. The number of ether oxygens (including phenoxy) is 1. The van der Waals surface area contributed by atoms with E-state index in [1.54, 1.807) is 7.11 Å². The summed E-state index contributed by atoms with van der Waals surface area (Å²) in [6.45, 7) is 4.61. The molecule has 4 heterocycles. The third-order valence-corrected chi connectivity index (χ3v) is 9.88. The van der Waals surface area contributed by atoms with Crippen molar-refractivity contribution in [2.24, 2.45) is 4.99 Å². The molecule has 0 spiro atoms. The molecule has 1 atom stereocenters. The maximum atomic E-state index is 6.06. The van der Waals surface area contributed by atoms with Crippen LogP contribution in [0, 0.1) is 0 Å². The highest BCUT2D eigenvalue weighted by Gasteiger charge is 2.28. The number of aromatic amines is 3. The van der Waals surface area contributed by atoms with E-state index in [1.165, 1.54) is 132 Å². The highest BCUT2D eigenvalue weighted by Crippen LogP contribution is 2.43. The predicted molar refractivity (Wildman–Crippen MR) is 191 cm³/mol. The topological polar surface area (TPSA) is 69.0 Å². The van der Waals surface area contributed by atoms with Crippen LogP contribution >= 0.6 is 0 Å². The summed E-state index contributed by atoms with van der Waals surface area (Å²) in [6, 6.07) is 8.76. The van der Waals surface area contributed by atoms with Gasteiger partial charge in [0, 0.05) is 23.7 Å². The van der Waals surface area contributed by atoms with Gasteiger partial charge in [-0.2, -0.15) is 0 Å². The Morgan fingerprint density at radius 3 is 2.36 bits per heavy atom. The molecule has 0 fully saturated rings. The summed E-state index contributed by atoms with van der Waals surface area (Å²) < 4.78 is 6.06. The molecule has 0 unspecified atom stereocenters. The number of hydrogen-bond donors (Lipinski definition) is 3. The van der Waals surface area contributed by atoms with E-state index in [0.717, 1.165) is 46.9 Å². The number of methoxy groups -OCH3 is 1. The Hall–Kier alpha value is -3.21. The van der Waals surface area contributed by atoms with Crippen molar-refractivity contribution < 1.29 is 4.74 Å². The van der Waals surface area contributed by atoms with Gasteiger partial charge >= 0.3 is 0 Å². The average Bonchev–Trinajstić information content (AvgIpc) is 3.88.